The van der Waals surface area contributed by atoms with Crippen LogP contribution in [0.2, 0.25) is 0 Å². The van der Waals surface area contributed by atoms with Crippen LogP contribution in [0.1, 0.15) is 28.9 Å². The molecule has 2 heterocycles. The van der Waals surface area contributed by atoms with E-state index in [0.717, 1.165) is 30.5 Å². The third-order valence-corrected chi connectivity index (χ3v) is 5.33. The van der Waals surface area contributed by atoms with E-state index in [1.807, 2.05) is 0 Å². The smallest absolute Gasteiger partial charge is 0.255 e. The number of fused-ring (bicyclic) bond motifs is 1. The maximum Gasteiger partial charge on any atom is 0.255 e. The topological polar surface area (TPSA) is 120 Å². The Morgan fingerprint density at radius 2 is 1.85 bits per heavy atom. The minimum absolute atomic E-state index is 0.166. The Morgan fingerprint density at radius 3 is 2.52 bits per heavy atom. The number of aryl methyl sites for hydroxylation is 2. The number of hydrogen-bond donors (Lipinski definition) is 2. The van der Waals surface area contributed by atoms with Gasteiger partial charge in [0.15, 0.2) is 11.5 Å². The first-order valence-corrected chi connectivity index (χ1v) is 10.4. The second-order valence-corrected chi connectivity index (χ2v) is 7.53. The van der Waals surface area contributed by atoms with E-state index in [-0.39, 0.29) is 17.4 Å². The molecular formula is C23H25N5O5. The second kappa shape index (κ2) is 9.19. The van der Waals surface area contributed by atoms with Gasteiger partial charge in [-0.05, 0) is 50.0 Å². The number of carbonyl (C=O) groups excluding carboxylic acids is 1. The lowest BCUT2D eigenvalue weighted by Gasteiger charge is -2.12. The summed E-state index contributed by atoms with van der Waals surface area (Å²) in [6.07, 6.45) is 5.40. The average Bonchev–Trinajstić information content (AvgIpc) is 3.43. The predicted octanol–water partition coefficient (Wildman–Crippen LogP) is 2.43. The molecule has 172 valence electrons. The Morgan fingerprint density at radius 1 is 1.12 bits per heavy atom. The first kappa shape index (κ1) is 22.1. The highest BCUT2D eigenvalue weighted by Gasteiger charge is 2.20. The molecule has 4 rings (SSSR count). The zero-order valence-electron chi connectivity index (χ0n) is 18.9. The number of anilines is 1. The fourth-order valence-electron chi connectivity index (χ4n) is 3.82. The molecule has 10 heteroatoms. The minimum Gasteiger partial charge on any atom is -0.493 e. The molecule has 0 atom stereocenters. The summed E-state index contributed by atoms with van der Waals surface area (Å²) < 4.78 is 17.4. The number of nitrogens with zero attached hydrogens (tertiary/aromatic N) is 3. The highest BCUT2D eigenvalue weighted by molar-refractivity contribution is 6.01. The molecule has 33 heavy (non-hydrogen) atoms. The monoisotopic (exact) mass is 451 g/mol. The van der Waals surface area contributed by atoms with Crippen LogP contribution in [0, 0.1) is 6.92 Å². The van der Waals surface area contributed by atoms with Crippen LogP contribution in [0.15, 0.2) is 29.1 Å². The molecule has 0 radical (unpaired) electrons. The van der Waals surface area contributed by atoms with Gasteiger partial charge in [0.05, 0.1) is 32.7 Å². The summed E-state index contributed by atoms with van der Waals surface area (Å²) in [5.74, 6) is 1.73. The number of aromatic nitrogens is 4. The maximum absolute atomic E-state index is 12.6. The minimum atomic E-state index is -0.381. The summed E-state index contributed by atoms with van der Waals surface area (Å²) in [4.78, 5) is 32.4. The quantitative estimate of drug-likeness (QED) is 0.529. The van der Waals surface area contributed by atoms with E-state index in [2.05, 4.69) is 20.4 Å². The highest BCUT2D eigenvalue weighted by atomic mass is 16.5. The van der Waals surface area contributed by atoms with Crippen LogP contribution in [0.4, 0.5) is 5.82 Å². The Labute approximate surface area is 190 Å². The van der Waals surface area contributed by atoms with Gasteiger partial charge in [-0.1, -0.05) is 0 Å². The molecule has 0 aliphatic heterocycles. The standard InChI is InChI=1S/C23H25N5O5/c1-13-10-19(28(27-13)23-24-16-7-5-6-15(16)22(30)26-23)25-20(29)9-8-14-11-17(31-2)21(33-4)18(12-14)32-3/h8-12H,5-7H2,1-4H3,(H,25,29)(H,24,26,30)/b9-8+. The van der Waals surface area contributed by atoms with Crippen LogP contribution in [0.3, 0.4) is 0 Å². The second-order valence-electron chi connectivity index (χ2n) is 7.53. The number of amides is 1. The summed E-state index contributed by atoms with van der Waals surface area (Å²) in [5.41, 5.74) is 2.69. The fourth-order valence-corrected chi connectivity index (χ4v) is 3.82. The molecule has 0 saturated heterocycles. The van der Waals surface area contributed by atoms with Crippen molar-refractivity contribution < 1.29 is 19.0 Å². The zero-order valence-corrected chi connectivity index (χ0v) is 18.9. The van der Waals surface area contributed by atoms with Gasteiger partial charge in [-0.3, -0.25) is 14.6 Å². The van der Waals surface area contributed by atoms with Gasteiger partial charge in [0.25, 0.3) is 5.56 Å². The van der Waals surface area contributed by atoms with Gasteiger partial charge in [-0.25, -0.2) is 4.98 Å². The molecule has 1 aromatic carbocycles. The number of nitrogens with one attached hydrogen (secondary N) is 2. The Balaban J connectivity index is 1.58. The third kappa shape index (κ3) is 4.45. The number of H-pyrrole nitrogens is 1. The van der Waals surface area contributed by atoms with Crippen molar-refractivity contribution in [2.24, 2.45) is 0 Å². The maximum atomic E-state index is 12.6. The highest BCUT2D eigenvalue weighted by Crippen LogP contribution is 2.38. The number of hydrogen-bond acceptors (Lipinski definition) is 7. The van der Waals surface area contributed by atoms with Gasteiger partial charge in [0.2, 0.25) is 17.6 Å². The van der Waals surface area contributed by atoms with Crippen molar-refractivity contribution in [3.05, 3.63) is 57.1 Å². The van der Waals surface area contributed by atoms with Crippen LogP contribution >= 0.6 is 0 Å². The van der Waals surface area contributed by atoms with Crippen molar-refractivity contribution >= 4 is 17.8 Å². The SMILES string of the molecule is COc1cc(/C=C/C(=O)Nc2cc(C)nn2-c2nc3c(c(=O)[nH]2)CCC3)cc(OC)c1OC. The number of ether oxygens (including phenoxy) is 3. The normalized spacial score (nSPS) is 12.6. The van der Waals surface area contributed by atoms with Crippen LogP contribution in [0.5, 0.6) is 17.2 Å². The molecule has 0 saturated carbocycles. The zero-order chi connectivity index (χ0) is 23.5. The van der Waals surface area contributed by atoms with Crippen molar-refractivity contribution in [1.82, 2.24) is 19.7 Å². The summed E-state index contributed by atoms with van der Waals surface area (Å²) in [6, 6.07) is 5.18. The molecule has 1 aliphatic rings. The molecule has 0 fully saturated rings. The lowest BCUT2D eigenvalue weighted by atomic mass is 10.1. The Bertz CT molecular complexity index is 1270. The molecule has 0 bridgehead atoms. The van der Waals surface area contributed by atoms with Crippen molar-refractivity contribution in [2.75, 3.05) is 26.6 Å². The number of carbonyl (C=O) groups is 1. The van der Waals surface area contributed by atoms with Crippen LogP contribution in [-0.4, -0.2) is 47.0 Å². The molecule has 0 spiro atoms. The van der Waals surface area contributed by atoms with Gasteiger partial charge in [0.1, 0.15) is 5.82 Å². The Hall–Kier alpha value is -4.08. The van der Waals surface area contributed by atoms with Crippen molar-refractivity contribution in [2.45, 2.75) is 26.2 Å². The summed E-state index contributed by atoms with van der Waals surface area (Å²) in [5, 5.41) is 7.17. The van der Waals surface area contributed by atoms with E-state index >= 15 is 0 Å². The van der Waals surface area contributed by atoms with Crippen molar-refractivity contribution in [3.63, 3.8) is 0 Å². The first-order valence-electron chi connectivity index (χ1n) is 10.4. The number of rotatable bonds is 7. The lowest BCUT2D eigenvalue weighted by molar-refractivity contribution is -0.111. The first-order chi connectivity index (χ1) is 15.9. The molecule has 1 amide bonds. The molecule has 1 aliphatic carbocycles. The van der Waals surface area contributed by atoms with Crippen LogP contribution in [-0.2, 0) is 17.6 Å². The van der Waals surface area contributed by atoms with Gasteiger partial charge in [0, 0.05) is 17.7 Å². The van der Waals surface area contributed by atoms with Gasteiger partial charge < -0.3 is 19.5 Å². The van der Waals surface area contributed by atoms with E-state index in [1.54, 1.807) is 31.2 Å². The summed E-state index contributed by atoms with van der Waals surface area (Å²) >= 11 is 0. The van der Waals surface area contributed by atoms with Gasteiger partial charge >= 0.3 is 0 Å². The fraction of sp³-hybridized carbons (Fsp3) is 0.304. The van der Waals surface area contributed by atoms with Crippen molar-refractivity contribution in [3.8, 4) is 23.2 Å². The molecule has 0 unspecified atom stereocenters. The molecule has 2 N–H and O–H groups in total. The number of aromatic amines is 1. The van der Waals surface area contributed by atoms with E-state index in [1.165, 1.54) is 32.1 Å². The van der Waals surface area contributed by atoms with E-state index in [9.17, 15) is 9.59 Å². The van der Waals surface area contributed by atoms with Gasteiger partial charge in [-0.15, -0.1) is 0 Å². The third-order valence-electron chi connectivity index (χ3n) is 5.33. The average molecular weight is 451 g/mol. The van der Waals surface area contributed by atoms with Gasteiger partial charge in [-0.2, -0.15) is 9.78 Å². The largest absolute Gasteiger partial charge is 0.493 e. The predicted molar refractivity (Wildman–Crippen MR) is 123 cm³/mol. The number of benzene rings is 1. The van der Waals surface area contributed by atoms with Crippen LogP contribution < -0.4 is 25.1 Å². The Kier molecular flexibility index (Phi) is 6.16. The lowest BCUT2D eigenvalue weighted by Crippen LogP contribution is -2.20. The van der Waals surface area contributed by atoms with Crippen molar-refractivity contribution in [1.29, 1.82) is 0 Å². The molecule has 10 nitrogen and oxygen atoms in total. The van der Waals surface area contributed by atoms with E-state index in [4.69, 9.17) is 14.2 Å². The van der Waals surface area contributed by atoms with Crippen LogP contribution in [0.25, 0.3) is 12.0 Å². The van der Waals surface area contributed by atoms with E-state index < -0.39 is 0 Å². The molecular weight excluding hydrogens is 426 g/mol. The molecule has 3 aromatic rings. The summed E-state index contributed by atoms with van der Waals surface area (Å²) in [7, 11) is 4.58. The van der Waals surface area contributed by atoms with E-state index in [0.29, 0.717) is 34.3 Å². The number of methoxy groups -OCH3 is 3. The molecule has 2 aromatic heterocycles. The summed E-state index contributed by atoms with van der Waals surface area (Å²) in [6.45, 7) is 1.80.